The Morgan fingerprint density at radius 3 is 2.62 bits per heavy atom. The maximum atomic E-state index is 13.3. The number of aliphatic carboxylic acids is 1. The number of rotatable bonds is 12. The molecule has 178 valence electrons. The lowest BCUT2D eigenvalue weighted by molar-refractivity contribution is -0.137. The van der Waals surface area contributed by atoms with Crippen LogP contribution < -0.4 is 0 Å². The standard InChI is InChI=1S/C27H31N3O4/c1-18(13-25(32)33)12-24(31)26-22-14-20(15-28)16-29-27(22)30(3)23(26)10-7-11-34-17-19(2)21-8-5-4-6-9-21/h4-6,8-9,14,16,18-19H,7,10-13,17H2,1-3H3,(H,32,33)/t18-,19-/m1/s1. The van der Waals surface area contributed by atoms with E-state index in [1.807, 2.05) is 29.8 Å². The highest BCUT2D eigenvalue weighted by Crippen LogP contribution is 2.29. The molecule has 0 unspecified atom stereocenters. The zero-order chi connectivity index (χ0) is 24.7. The number of hydrogen-bond donors (Lipinski definition) is 1. The van der Waals surface area contributed by atoms with E-state index in [2.05, 4.69) is 30.1 Å². The van der Waals surface area contributed by atoms with E-state index in [-0.39, 0.29) is 24.5 Å². The fraction of sp³-hybridized carbons (Fsp3) is 0.407. The van der Waals surface area contributed by atoms with Crippen LogP contribution in [0.2, 0.25) is 0 Å². The first-order valence-corrected chi connectivity index (χ1v) is 11.6. The van der Waals surface area contributed by atoms with Crippen LogP contribution >= 0.6 is 0 Å². The van der Waals surface area contributed by atoms with Crippen LogP contribution in [0.4, 0.5) is 0 Å². The van der Waals surface area contributed by atoms with Gasteiger partial charge in [-0.25, -0.2) is 4.98 Å². The molecule has 1 N–H and O–H groups in total. The number of carboxylic acids is 1. The minimum Gasteiger partial charge on any atom is -0.481 e. The second-order valence-corrected chi connectivity index (χ2v) is 8.91. The van der Waals surface area contributed by atoms with Gasteiger partial charge in [-0.15, -0.1) is 0 Å². The third-order valence-corrected chi connectivity index (χ3v) is 6.05. The summed E-state index contributed by atoms with van der Waals surface area (Å²) in [5.74, 6) is -1.04. The number of aromatic nitrogens is 2. The van der Waals surface area contributed by atoms with Crippen LogP contribution in [0.25, 0.3) is 11.0 Å². The summed E-state index contributed by atoms with van der Waals surface area (Å²) in [5.41, 5.74) is 3.64. The fourth-order valence-electron chi connectivity index (χ4n) is 4.29. The molecule has 7 heteroatoms. The van der Waals surface area contributed by atoms with Gasteiger partial charge in [-0.2, -0.15) is 5.26 Å². The third-order valence-electron chi connectivity index (χ3n) is 6.05. The monoisotopic (exact) mass is 461 g/mol. The molecule has 0 saturated heterocycles. The first kappa shape index (κ1) is 25.1. The smallest absolute Gasteiger partial charge is 0.303 e. The zero-order valence-corrected chi connectivity index (χ0v) is 20.0. The van der Waals surface area contributed by atoms with Crippen LogP contribution in [-0.4, -0.2) is 39.6 Å². The molecule has 0 aliphatic rings. The van der Waals surface area contributed by atoms with Gasteiger partial charge in [0.05, 0.1) is 12.2 Å². The third kappa shape index (κ3) is 6.09. The number of benzene rings is 1. The molecule has 3 rings (SSSR count). The van der Waals surface area contributed by atoms with E-state index in [0.717, 1.165) is 12.1 Å². The van der Waals surface area contributed by atoms with Gasteiger partial charge in [0, 0.05) is 55.3 Å². The maximum absolute atomic E-state index is 13.3. The number of Topliss-reactive ketones (excluding diaryl/α,β-unsaturated/α-hetero) is 1. The summed E-state index contributed by atoms with van der Waals surface area (Å²) >= 11 is 0. The number of ketones is 1. The van der Waals surface area contributed by atoms with Crippen molar-refractivity contribution in [1.29, 1.82) is 5.26 Å². The number of hydrogen-bond acceptors (Lipinski definition) is 5. The molecule has 0 radical (unpaired) electrons. The Balaban J connectivity index is 1.74. The van der Waals surface area contributed by atoms with Gasteiger partial charge < -0.3 is 14.4 Å². The first-order chi connectivity index (χ1) is 16.3. The van der Waals surface area contributed by atoms with Crippen molar-refractivity contribution in [3.05, 3.63) is 65.0 Å². The molecule has 34 heavy (non-hydrogen) atoms. The number of carbonyl (C=O) groups excluding carboxylic acids is 1. The number of fused-ring (bicyclic) bond motifs is 1. The number of carboxylic acid groups (broad SMARTS) is 1. The van der Waals surface area contributed by atoms with Gasteiger partial charge in [0.15, 0.2) is 5.78 Å². The number of ether oxygens (including phenoxy) is 1. The van der Waals surface area contributed by atoms with Crippen LogP contribution in [0.1, 0.15) is 66.2 Å². The number of aryl methyl sites for hydroxylation is 1. The second-order valence-electron chi connectivity index (χ2n) is 8.91. The van der Waals surface area contributed by atoms with E-state index in [9.17, 15) is 14.9 Å². The summed E-state index contributed by atoms with van der Waals surface area (Å²) in [6.45, 7) is 5.06. The predicted molar refractivity (Wildman–Crippen MR) is 130 cm³/mol. The van der Waals surface area contributed by atoms with E-state index in [0.29, 0.717) is 47.7 Å². The van der Waals surface area contributed by atoms with Crippen LogP contribution in [0.3, 0.4) is 0 Å². The van der Waals surface area contributed by atoms with Crippen molar-refractivity contribution in [2.45, 2.75) is 45.4 Å². The highest BCUT2D eigenvalue weighted by molar-refractivity contribution is 6.09. The van der Waals surface area contributed by atoms with E-state index < -0.39 is 5.97 Å². The Kier molecular flexibility index (Phi) is 8.55. The number of nitriles is 1. The molecule has 0 fully saturated rings. The minimum absolute atomic E-state index is 0.0685. The molecule has 0 bridgehead atoms. The number of pyridine rings is 1. The normalized spacial score (nSPS) is 12.9. The molecule has 2 heterocycles. The molecule has 1 aromatic carbocycles. The quantitative estimate of drug-likeness (QED) is 0.304. The van der Waals surface area contributed by atoms with E-state index >= 15 is 0 Å². The summed E-state index contributed by atoms with van der Waals surface area (Å²) < 4.78 is 7.81. The summed E-state index contributed by atoms with van der Waals surface area (Å²) in [5, 5.41) is 19.0. The van der Waals surface area contributed by atoms with Crippen molar-refractivity contribution >= 4 is 22.8 Å². The lowest BCUT2D eigenvalue weighted by Gasteiger charge is -2.13. The van der Waals surface area contributed by atoms with Crippen molar-refractivity contribution in [2.24, 2.45) is 13.0 Å². The Morgan fingerprint density at radius 2 is 1.94 bits per heavy atom. The molecule has 0 aliphatic carbocycles. The maximum Gasteiger partial charge on any atom is 0.303 e. The molecule has 0 aliphatic heterocycles. The summed E-state index contributed by atoms with van der Waals surface area (Å²) in [6.07, 6.45) is 2.90. The van der Waals surface area contributed by atoms with Gasteiger partial charge in [-0.3, -0.25) is 9.59 Å². The molecular formula is C27H31N3O4. The van der Waals surface area contributed by atoms with Crippen LogP contribution in [0.15, 0.2) is 42.6 Å². The van der Waals surface area contributed by atoms with Gasteiger partial charge >= 0.3 is 5.97 Å². The van der Waals surface area contributed by atoms with E-state index in [1.54, 1.807) is 13.0 Å². The van der Waals surface area contributed by atoms with Crippen molar-refractivity contribution in [3.63, 3.8) is 0 Å². The van der Waals surface area contributed by atoms with Crippen LogP contribution in [0, 0.1) is 17.2 Å². The number of carbonyl (C=O) groups is 2. The van der Waals surface area contributed by atoms with Crippen molar-refractivity contribution in [3.8, 4) is 6.07 Å². The molecule has 0 amide bonds. The predicted octanol–water partition coefficient (Wildman–Crippen LogP) is 4.88. The van der Waals surface area contributed by atoms with Gasteiger partial charge in [0.2, 0.25) is 0 Å². The van der Waals surface area contributed by atoms with Crippen LogP contribution in [-0.2, 0) is 23.0 Å². The van der Waals surface area contributed by atoms with Gasteiger partial charge in [-0.1, -0.05) is 44.2 Å². The molecule has 0 saturated carbocycles. The van der Waals surface area contributed by atoms with Gasteiger partial charge in [0.25, 0.3) is 0 Å². The highest BCUT2D eigenvalue weighted by atomic mass is 16.5. The van der Waals surface area contributed by atoms with E-state index in [4.69, 9.17) is 9.84 Å². The Labute approximate surface area is 200 Å². The summed E-state index contributed by atoms with van der Waals surface area (Å²) in [6, 6.07) is 14.0. The average molecular weight is 462 g/mol. The van der Waals surface area contributed by atoms with Crippen LogP contribution in [0.5, 0.6) is 0 Å². The van der Waals surface area contributed by atoms with Crippen molar-refractivity contribution < 1.29 is 19.4 Å². The SMILES string of the molecule is C[C@@H](CC(=O)O)CC(=O)c1c(CCCOC[C@@H](C)c2ccccc2)n(C)c2ncc(C#N)cc12. The molecule has 2 atom stereocenters. The Hall–Kier alpha value is -3.50. The molecular weight excluding hydrogens is 430 g/mol. The minimum atomic E-state index is -0.922. The molecule has 2 aromatic heterocycles. The highest BCUT2D eigenvalue weighted by Gasteiger charge is 2.24. The van der Waals surface area contributed by atoms with Crippen molar-refractivity contribution in [2.75, 3.05) is 13.2 Å². The summed E-state index contributed by atoms with van der Waals surface area (Å²) in [4.78, 5) is 28.7. The zero-order valence-electron chi connectivity index (χ0n) is 20.0. The van der Waals surface area contributed by atoms with Gasteiger partial charge in [0.1, 0.15) is 11.7 Å². The molecule has 7 nitrogen and oxygen atoms in total. The Morgan fingerprint density at radius 1 is 1.21 bits per heavy atom. The molecule has 0 spiro atoms. The number of nitrogens with zero attached hydrogens (tertiary/aromatic N) is 3. The fourth-order valence-corrected chi connectivity index (χ4v) is 4.29. The topological polar surface area (TPSA) is 105 Å². The van der Waals surface area contributed by atoms with Crippen molar-refractivity contribution in [1.82, 2.24) is 9.55 Å². The van der Waals surface area contributed by atoms with E-state index in [1.165, 1.54) is 11.8 Å². The molecule has 3 aromatic rings. The first-order valence-electron chi connectivity index (χ1n) is 11.6. The Bertz CT molecular complexity index is 1190. The second kappa shape index (κ2) is 11.6. The average Bonchev–Trinajstić information content (AvgIpc) is 3.09. The lowest BCUT2D eigenvalue weighted by Crippen LogP contribution is -2.13. The summed E-state index contributed by atoms with van der Waals surface area (Å²) in [7, 11) is 1.87. The lowest BCUT2D eigenvalue weighted by atomic mass is 9.94. The largest absolute Gasteiger partial charge is 0.481 e. The van der Waals surface area contributed by atoms with Gasteiger partial charge in [-0.05, 0) is 30.4 Å².